The molecule has 0 spiro atoms. The fourth-order valence-corrected chi connectivity index (χ4v) is 0.286. The number of carboxylic acids is 1. The van der Waals surface area contributed by atoms with E-state index in [1.807, 2.05) is 0 Å². The van der Waals surface area contributed by atoms with Crippen LogP contribution >= 0.6 is 0 Å². The molecule has 70 valence electrons. The average molecular weight is 174 g/mol. The first kappa shape index (κ1) is 13.3. The van der Waals surface area contributed by atoms with Gasteiger partial charge in [0, 0.05) is 13.8 Å². The zero-order chi connectivity index (χ0) is 9.98. The first-order valence-corrected chi connectivity index (χ1v) is 3.44. The summed E-state index contributed by atoms with van der Waals surface area (Å²) in [6, 6.07) is 0. The van der Waals surface area contributed by atoms with E-state index in [1.165, 1.54) is 6.92 Å². The van der Waals surface area contributed by atoms with E-state index in [0.717, 1.165) is 13.3 Å². The highest BCUT2D eigenvalue weighted by atomic mass is 16.5. The summed E-state index contributed by atoms with van der Waals surface area (Å²) in [5.41, 5.74) is 0. The van der Waals surface area contributed by atoms with Gasteiger partial charge in [-0.25, -0.2) is 0 Å². The molecule has 0 aromatic heterocycles. The predicted octanol–water partition coefficient (Wildman–Crippen LogP) is 1.22. The number of ether oxygens (including phenoxy) is 1. The van der Waals surface area contributed by atoms with Crippen molar-refractivity contribution in [2.45, 2.75) is 20.3 Å². The number of aliphatic carboxylic acids is 1. The molecule has 0 fully saturated rings. The number of rotatable bonds is 3. The Bertz CT molecular complexity index is 147. The summed E-state index contributed by atoms with van der Waals surface area (Å²) in [7, 11) is 0. The van der Waals surface area contributed by atoms with Crippen molar-refractivity contribution in [1.82, 2.24) is 0 Å². The number of carboxylic acid groups (broad SMARTS) is 1. The highest BCUT2D eigenvalue weighted by Crippen LogP contribution is 1.81. The van der Waals surface area contributed by atoms with Gasteiger partial charge in [0.25, 0.3) is 5.97 Å². The normalized spacial score (nSPS) is 7.50. The molecule has 0 aliphatic carbocycles. The molecule has 4 heteroatoms. The maximum Gasteiger partial charge on any atom is 0.302 e. The van der Waals surface area contributed by atoms with Crippen molar-refractivity contribution < 1.29 is 19.4 Å². The predicted molar refractivity (Wildman–Crippen MR) is 44.8 cm³/mol. The zero-order valence-electron chi connectivity index (χ0n) is 7.37. The van der Waals surface area contributed by atoms with Crippen LogP contribution in [0.5, 0.6) is 0 Å². The van der Waals surface area contributed by atoms with Gasteiger partial charge in [-0.3, -0.25) is 9.59 Å². The Balaban J connectivity index is 0. The summed E-state index contributed by atoms with van der Waals surface area (Å²) in [4.78, 5) is 19.1. The highest BCUT2D eigenvalue weighted by Gasteiger charge is 1.86. The third kappa shape index (κ3) is 37.8. The van der Waals surface area contributed by atoms with Crippen LogP contribution in [0.15, 0.2) is 12.7 Å². The van der Waals surface area contributed by atoms with E-state index in [2.05, 4.69) is 11.3 Å². The van der Waals surface area contributed by atoms with E-state index < -0.39 is 5.97 Å². The summed E-state index contributed by atoms with van der Waals surface area (Å²) < 4.78 is 4.57. The quantitative estimate of drug-likeness (QED) is 0.397. The topological polar surface area (TPSA) is 63.6 Å². The van der Waals surface area contributed by atoms with Gasteiger partial charge in [-0.2, -0.15) is 0 Å². The zero-order valence-corrected chi connectivity index (χ0v) is 7.37. The second-order valence-electron chi connectivity index (χ2n) is 1.94. The Morgan fingerprint density at radius 1 is 1.50 bits per heavy atom. The molecule has 0 radical (unpaired) electrons. The molecule has 0 aliphatic heterocycles. The molecular formula is C8H14O4. The van der Waals surface area contributed by atoms with Gasteiger partial charge in [0.1, 0.15) is 0 Å². The van der Waals surface area contributed by atoms with Gasteiger partial charge < -0.3 is 9.84 Å². The van der Waals surface area contributed by atoms with Crippen LogP contribution in [0.25, 0.3) is 0 Å². The molecule has 4 nitrogen and oxygen atoms in total. The first-order chi connectivity index (χ1) is 5.50. The van der Waals surface area contributed by atoms with E-state index in [1.54, 1.807) is 6.08 Å². The second-order valence-corrected chi connectivity index (χ2v) is 1.94. The largest absolute Gasteiger partial charge is 0.481 e. The fraction of sp³-hybridized carbons (Fsp3) is 0.500. The summed E-state index contributed by atoms with van der Waals surface area (Å²) in [6.45, 7) is 6.40. The van der Waals surface area contributed by atoms with Crippen LogP contribution in [0.4, 0.5) is 0 Å². The van der Waals surface area contributed by atoms with Gasteiger partial charge in [-0.05, 0) is 6.42 Å². The number of esters is 1. The number of hydrogen-bond donors (Lipinski definition) is 1. The summed E-state index contributed by atoms with van der Waals surface area (Å²) in [5, 5.41) is 7.42. The minimum atomic E-state index is -0.833. The minimum Gasteiger partial charge on any atom is -0.481 e. The lowest BCUT2D eigenvalue weighted by Gasteiger charge is -1.94. The maximum atomic E-state index is 10.1. The third-order valence-electron chi connectivity index (χ3n) is 0.627. The van der Waals surface area contributed by atoms with Crippen LogP contribution in [0, 0.1) is 0 Å². The SMILES string of the molecule is C=CCCOC(C)=O.CC(=O)O. The highest BCUT2D eigenvalue weighted by molar-refractivity contribution is 5.65. The van der Waals surface area contributed by atoms with Gasteiger partial charge in [0.15, 0.2) is 0 Å². The van der Waals surface area contributed by atoms with Crippen LogP contribution in [-0.4, -0.2) is 23.7 Å². The molecule has 0 saturated carbocycles. The van der Waals surface area contributed by atoms with Crippen LogP contribution in [0.1, 0.15) is 20.3 Å². The van der Waals surface area contributed by atoms with E-state index in [4.69, 9.17) is 9.90 Å². The van der Waals surface area contributed by atoms with Crippen molar-refractivity contribution in [2.75, 3.05) is 6.61 Å². The Morgan fingerprint density at radius 3 is 2.17 bits per heavy atom. The summed E-state index contributed by atoms with van der Waals surface area (Å²) in [5.74, 6) is -1.06. The Labute approximate surface area is 71.8 Å². The van der Waals surface area contributed by atoms with Gasteiger partial charge >= 0.3 is 5.97 Å². The molecule has 0 aromatic rings. The van der Waals surface area contributed by atoms with Crippen LogP contribution in [0.2, 0.25) is 0 Å². The van der Waals surface area contributed by atoms with Crippen molar-refractivity contribution in [3.05, 3.63) is 12.7 Å². The number of carbonyl (C=O) groups excluding carboxylic acids is 1. The van der Waals surface area contributed by atoms with Crippen LogP contribution in [0.3, 0.4) is 0 Å². The lowest BCUT2D eigenvalue weighted by molar-refractivity contribution is -0.140. The summed E-state index contributed by atoms with van der Waals surface area (Å²) >= 11 is 0. The molecule has 0 aliphatic rings. The third-order valence-corrected chi connectivity index (χ3v) is 0.627. The smallest absolute Gasteiger partial charge is 0.302 e. The lowest BCUT2D eigenvalue weighted by Crippen LogP contribution is -1.98. The van der Waals surface area contributed by atoms with Gasteiger partial charge in [0.2, 0.25) is 0 Å². The molecule has 0 rings (SSSR count). The van der Waals surface area contributed by atoms with Crippen molar-refractivity contribution in [3.8, 4) is 0 Å². The molecule has 1 N–H and O–H groups in total. The first-order valence-electron chi connectivity index (χ1n) is 3.44. The van der Waals surface area contributed by atoms with E-state index >= 15 is 0 Å². The van der Waals surface area contributed by atoms with E-state index in [0.29, 0.717) is 6.61 Å². The van der Waals surface area contributed by atoms with Crippen molar-refractivity contribution in [3.63, 3.8) is 0 Å². The lowest BCUT2D eigenvalue weighted by atomic mass is 10.5. The van der Waals surface area contributed by atoms with Crippen molar-refractivity contribution in [2.24, 2.45) is 0 Å². The molecule has 12 heavy (non-hydrogen) atoms. The van der Waals surface area contributed by atoms with Gasteiger partial charge in [0.05, 0.1) is 6.61 Å². The molecule has 0 heterocycles. The molecule has 0 unspecified atom stereocenters. The van der Waals surface area contributed by atoms with Crippen molar-refractivity contribution >= 4 is 11.9 Å². The Kier molecular flexibility index (Phi) is 10.7. The number of carbonyl (C=O) groups is 2. The molecule has 0 atom stereocenters. The molecule has 0 bridgehead atoms. The Hall–Kier alpha value is -1.32. The monoisotopic (exact) mass is 174 g/mol. The molecule has 0 saturated heterocycles. The van der Waals surface area contributed by atoms with Crippen LogP contribution in [-0.2, 0) is 14.3 Å². The van der Waals surface area contributed by atoms with Gasteiger partial charge in [-0.1, -0.05) is 6.08 Å². The number of hydrogen-bond acceptors (Lipinski definition) is 3. The fourth-order valence-electron chi connectivity index (χ4n) is 0.286. The van der Waals surface area contributed by atoms with Crippen LogP contribution < -0.4 is 0 Å². The minimum absolute atomic E-state index is 0.230. The van der Waals surface area contributed by atoms with Crippen molar-refractivity contribution in [1.29, 1.82) is 0 Å². The maximum absolute atomic E-state index is 10.1. The second kappa shape index (κ2) is 9.68. The van der Waals surface area contributed by atoms with Gasteiger partial charge in [-0.15, -0.1) is 6.58 Å². The standard InChI is InChI=1S/C6H10O2.C2H4O2/c1-3-4-5-8-6(2)7;1-2(3)4/h3H,1,4-5H2,2H3;1H3,(H,3,4). The Morgan fingerprint density at radius 2 is 1.92 bits per heavy atom. The van der Waals surface area contributed by atoms with E-state index in [-0.39, 0.29) is 5.97 Å². The molecular weight excluding hydrogens is 160 g/mol. The molecule has 0 aromatic carbocycles. The average Bonchev–Trinajstić information content (AvgIpc) is 1.86. The van der Waals surface area contributed by atoms with E-state index in [9.17, 15) is 4.79 Å². The molecule has 0 amide bonds. The summed E-state index contributed by atoms with van der Waals surface area (Å²) in [6.07, 6.45) is 2.45.